The van der Waals surface area contributed by atoms with E-state index < -0.39 is 68.9 Å². The molecule has 0 aliphatic rings. The Morgan fingerprint density at radius 3 is 1.81 bits per heavy atom. The van der Waals surface area contributed by atoms with Crippen molar-refractivity contribution in [3.05, 3.63) is 40.6 Å². The molecule has 42 heavy (non-hydrogen) atoms. The average Bonchev–Trinajstić information content (AvgIpc) is 2.77. The van der Waals surface area contributed by atoms with Gasteiger partial charge in [0.15, 0.2) is 23.0 Å². The Balaban J connectivity index is 2.42. The maximum Gasteiger partial charge on any atom is 0.306 e. The second kappa shape index (κ2) is 12.0. The monoisotopic (exact) mass is 669 g/mol. The fourth-order valence-electron chi connectivity index (χ4n) is 3.57. The van der Waals surface area contributed by atoms with E-state index >= 15 is 0 Å². The van der Waals surface area contributed by atoms with E-state index in [1.54, 1.807) is 0 Å². The van der Waals surface area contributed by atoms with Crippen molar-refractivity contribution in [1.29, 1.82) is 0 Å². The quantitative estimate of drug-likeness (QED) is 0.203. The lowest BCUT2D eigenvalue weighted by Gasteiger charge is -2.16. The molecule has 1 aromatic heterocycles. The van der Waals surface area contributed by atoms with Crippen molar-refractivity contribution in [1.82, 2.24) is 0 Å². The Kier molecular flexibility index (Phi) is 9.40. The summed E-state index contributed by atoms with van der Waals surface area (Å²) < 4.78 is 120. The van der Waals surface area contributed by atoms with E-state index in [1.807, 2.05) is 6.92 Å². The predicted molar refractivity (Wildman–Crippen MR) is 153 cm³/mol. The predicted octanol–water partition coefficient (Wildman–Crippen LogP) is 2.03. The average molecular weight is 670 g/mol. The molecule has 19 heteroatoms. The highest BCUT2D eigenvalue weighted by Crippen LogP contribution is 2.40. The van der Waals surface area contributed by atoms with E-state index in [9.17, 15) is 38.5 Å². The van der Waals surface area contributed by atoms with Gasteiger partial charge in [-0.2, -0.15) is 33.7 Å². The van der Waals surface area contributed by atoms with Crippen LogP contribution in [0.3, 0.4) is 0 Å². The lowest BCUT2D eigenvalue weighted by atomic mass is 10.1. The van der Waals surface area contributed by atoms with Crippen molar-refractivity contribution < 1.29 is 54.8 Å². The molecule has 1 N–H and O–H groups in total. The minimum Gasteiger partial charge on any atom is -0.453 e. The Morgan fingerprint density at radius 2 is 1.26 bits per heavy atom. The maximum absolute atomic E-state index is 13.8. The van der Waals surface area contributed by atoms with Gasteiger partial charge in [0.2, 0.25) is 5.43 Å². The molecule has 3 aromatic rings. The zero-order chi connectivity index (χ0) is 31.7. The van der Waals surface area contributed by atoms with Gasteiger partial charge in [-0.15, -0.1) is 0 Å². The standard InChI is InChI=1S/C23H27NO14S4/c1-6-7-10-24-21-22(25)20-18(12-15(35-39(2,26)27)13-19(20)38-42(5,32)33)34-23(21)14-8-9-16(36-40(3,28)29)17(11-14)37-41(4,30)31/h8-9,11-13,24H,6-7,10H2,1-5H3. The molecule has 0 fully saturated rings. The molecular formula is C23H27NO14S4. The molecule has 0 bridgehead atoms. The lowest BCUT2D eigenvalue weighted by Crippen LogP contribution is -2.16. The third kappa shape index (κ3) is 9.23. The Morgan fingerprint density at radius 1 is 0.714 bits per heavy atom. The van der Waals surface area contributed by atoms with Crippen LogP contribution in [0.5, 0.6) is 23.0 Å². The first kappa shape index (κ1) is 33.0. The van der Waals surface area contributed by atoms with Gasteiger partial charge in [0.05, 0.1) is 25.0 Å². The summed E-state index contributed by atoms with van der Waals surface area (Å²) in [5, 5.41) is 2.53. The summed E-state index contributed by atoms with van der Waals surface area (Å²) in [4.78, 5) is 13.8. The van der Waals surface area contributed by atoms with Gasteiger partial charge in [-0.1, -0.05) is 13.3 Å². The first-order chi connectivity index (χ1) is 19.2. The van der Waals surface area contributed by atoms with Gasteiger partial charge in [0.1, 0.15) is 22.4 Å². The molecule has 0 atom stereocenters. The number of hydrogen-bond donors (Lipinski definition) is 1. The number of rotatable bonds is 13. The van der Waals surface area contributed by atoms with Crippen LogP contribution in [0.15, 0.2) is 39.5 Å². The molecule has 0 saturated heterocycles. The fraction of sp³-hybridized carbons (Fsp3) is 0.348. The molecule has 3 rings (SSSR count). The molecule has 2 aromatic carbocycles. The van der Waals surface area contributed by atoms with E-state index in [2.05, 4.69) is 5.32 Å². The van der Waals surface area contributed by atoms with Crippen LogP contribution in [-0.4, -0.2) is 65.2 Å². The van der Waals surface area contributed by atoms with Crippen LogP contribution in [0, 0.1) is 0 Å². The normalized spacial score (nSPS) is 12.6. The Labute approximate surface area is 242 Å². The number of benzene rings is 2. The third-order valence-electron chi connectivity index (χ3n) is 4.94. The van der Waals surface area contributed by atoms with Gasteiger partial charge < -0.3 is 26.5 Å². The summed E-state index contributed by atoms with van der Waals surface area (Å²) in [5.74, 6) is -2.29. The van der Waals surface area contributed by atoms with Gasteiger partial charge >= 0.3 is 40.5 Å². The highest BCUT2D eigenvalue weighted by atomic mass is 32.2. The third-order valence-corrected chi connectivity index (χ3v) is 6.88. The maximum atomic E-state index is 13.8. The summed E-state index contributed by atoms with van der Waals surface area (Å²) in [7, 11) is -16.7. The summed E-state index contributed by atoms with van der Waals surface area (Å²) in [6.07, 6.45) is 4.21. The molecule has 0 saturated carbocycles. The topological polar surface area (TPSA) is 216 Å². The Hall–Kier alpha value is -3.55. The fourth-order valence-corrected chi connectivity index (χ4v) is 5.40. The van der Waals surface area contributed by atoms with Crippen molar-refractivity contribution in [2.24, 2.45) is 0 Å². The zero-order valence-corrected chi connectivity index (χ0v) is 26.1. The minimum atomic E-state index is -4.23. The summed E-state index contributed by atoms with van der Waals surface area (Å²) in [6.45, 7) is 2.14. The van der Waals surface area contributed by atoms with Crippen LogP contribution in [0.25, 0.3) is 22.3 Å². The van der Waals surface area contributed by atoms with Crippen LogP contribution in [0.4, 0.5) is 5.69 Å². The van der Waals surface area contributed by atoms with E-state index in [1.165, 1.54) is 6.07 Å². The molecule has 0 unspecified atom stereocenters. The number of fused-ring (bicyclic) bond motifs is 1. The highest BCUT2D eigenvalue weighted by Gasteiger charge is 2.25. The first-order valence-corrected chi connectivity index (χ1v) is 19.0. The van der Waals surface area contributed by atoms with E-state index in [-0.39, 0.29) is 34.5 Å². The van der Waals surface area contributed by atoms with E-state index in [0.29, 0.717) is 18.9 Å². The smallest absolute Gasteiger partial charge is 0.306 e. The molecule has 0 aliphatic heterocycles. The van der Waals surface area contributed by atoms with Crippen LogP contribution >= 0.6 is 0 Å². The minimum absolute atomic E-state index is 0.00693. The first-order valence-electron chi connectivity index (χ1n) is 11.8. The molecule has 0 aliphatic carbocycles. The largest absolute Gasteiger partial charge is 0.453 e. The molecule has 0 amide bonds. The second-order valence-corrected chi connectivity index (χ2v) is 15.3. The van der Waals surface area contributed by atoms with Crippen molar-refractivity contribution >= 4 is 57.1 Å². The SMILES string of the molecule is CCCCNc1c(-c2ccc(OS(C)(=O)=O)c(OS(C)(=O)=O)c2)oc2cc(OS(C)(=O)=O)cc(OS(C)(=O)=O)c2c1=O. The number of nitrogens with one attached hydrogen (secondary N) is 1. The Bertz CT molecular complexity index is 2010. The highest BCUT2D eigenvalue weighted by molar-refractivity contribution is 7.87. The van der Waals surface area contributed by atoms with Crippen LogP contribution < -0.4 is 27.5 Å². The van der Waals surface area contributed by atoms with E-state index in [4.69, 9.17) is 21.1 Å². The summed E-state index contributed by atoms with van der Waals surface area (Å²) >= 11 is 0. The number of unbranched alkanes of at least 4 members (excludes halogenated alkanes) is 1. The van der Waals surface area contributed by atoms with Crippen molar-refractivity contribution in [3.8, 4) is 34.3 Å². The van der Waals surface area contributed by atoms with Gasteiger partial charge in [-0.05, 0) is 24.6 Å². The second-order valence-electron chi connectivity index (χ2n) is 9.02. The zero-order valence-electron chi connectivity index (χ0n) is 22.9. The van der Waals surface area contributed by atoms with Crippen LogP contribution in [0.2, 0.25) is 0 Å². The summed E-state index contributed by atoms with van der Waals surface area (Å²) in [5.41, 5.74) is -1.40. The lowest BCUT2D eigenvalue weighted by molar-refractivity contribution is 0.455. The molecule has 0 spiro atoms. The van der Waals surface area contributed by atoms with Gasteiger partial charge in [-0.3, -0.25) is 4.79 Å². The van der Waals surface area contributed by atoms with Gasteiger partial charge in [-0.25, -0.2) is 0 Å². The van der Waals surface area contributed by atoms with Crippen molar-refractivity contribution in [2.45, 2.75) is 19.8 Å². The molecule has 1 heterocycles. The molecule has 15 nitrogen and oxygen atoms in total. The van der Waals surface area contributed by atoms with E-state index in [0.717, 1.165) is 43.2 Å². The van der Waals surface area contributed by atoms with Crippen LogP contribution in [0.1, 0.15) is 19.8 Å². The van der Waals surface area contributed by atoms with Gasteiger partial charge in [0.25, 0.3) is 0 Å². The molecule has 232 valence electrons. The molecule has 0 radical (unpaired) electrons. The van der Waals surface area contributed by atoms with Crippen LogP contribution in [-0.2, 0) is 40.5 Å². The van der Waals surface area contributed by atoms with Crippen molar-refractivity contribution in [3.63, 3.8) is 0 Å². The number of hydrogen-bond acceptors (Lipinski definition) is 15. The van der Waals surface area contributed by atoms with Crippen molar-refractivity contribution in [2.75, 3.05) is 36.9 Å². The molecular weight excluding hydrogens is 643 g/mol. The van der Waals surface area contributed by atoms with Gasteiger partial charge in [0, 0.05) is 24.2 Å². The summed E-state index contributed by atoms with van der Waals surface area (Å²) in [6, 6.07) is 5.27. The number of anilines is 1.